The van der Waals surface area contributed by atoms with E-state index in [1.807, 2.05) is 6.92 Å². The monoisotopic (exact) mass is 291 g/mol. The van der Waals surface area contributed by atoms with Gasteiger partial charge < -0.3 is 0 Å². The molecule has 2 rings (SSSR count). The fourth-order valence-electron chi connectivity index (χ4n) is 1.62. The van der Waals surface area contributed by atoms with E-state index in [-0.39, 0.29) is 5.56 Å². The Bertz CT molecular complexity index is 632. The minimum absolute atomic E-state index is 0.140. The second kappa shape index (κ2) is 4.67. The van der Waals surface area contributed by atoms with Crippen LogP contribution in [-0.4, -0.2) is 10.9 Å². The summed E-state index contributed by atoms with van der Waals surface area (Å²) in [6, 6.07) is 8.69. The van der Waals surface area contributed by atoms with Crippen LogP contribution in [0.3, 0.4) is 0 Å². The van der Waals surface area contributed by atoms with Gasteiger partial charge in [-0.1, -0.05) is 12.1 Å². The Morgan fingerprint density at radius 2 is 2.06 bits per heavy atom. The minimum atomic E-state index is -0.140. The van der Waals surface area contributed by atoms with Crippen molar-refractivity contribution in [2.45, 2.75) is 6.92 Å². The summed E-state index contributed by atoms with van der Waals surface area (Å²) < 4.78 is 2.03. The highest BCUT2D eigenvalue weighted by atomic mass is 79.9. The molecule has 0 fully saturated rings. The number of aromatic nitrogens is 1. The average molecular weight is 292 g/mol. The molecular formula is C13H10BrNO2. The molecule has 86 valence electrons. The fraction of sp³-hybridized carbons (Fsp3) is 0.0769. The van der Waals surface area contributed by atoms with E-state index >= 15 is 0 Å². The van der Waals surface area contributed by atoms with Crippen molar-refractivity contribution < 1.29 is 4.79 Å². The molecule has 17 heavy (non-hydrogen) atoms. The Balaban J connectivity index is 2.67. The number of hydrogen-bond donors (Lipinski definition) is 0. The second-order valence-corrected chi connectivity index (χ2v) is 4.61. The SMILES string of the molecule is Cc1cc(Br)c(=O)n(-c2cccc(C=O)c2)c1. The van der Waals surface area contributed by atoms with Gasteiger partial charge in [0.25, 0.3) is 5.56 Å². The Morgan fingerprint density at radius 1 is 1.29 bits per heavy atom. The Morgan fingerprint density at radius 3 is 2.76 bits per heavy atom. The lowest BCUT2D eigenvalue weighted by atomic mass is 10.2. The standard InChI is InChI=1S/C13H10BrNO2/c1-9-5-12(14)13(17)15(7-9)11-4-2-3-10(6-11)8-16/h2-8H,1H3. The van der Waals surface area contributed by atoms with Gasteiger partial charge in [-0.2, -0.15) is 0 Å². The number of hydrogen-bond acceptors (Lipinski definition) is 2. The van der Waals surface area contributed by atoms with Crippen molar-refractivity contribution >= 4 is 22.2 Å². The zero-order chi connectivity index (χ0) is 12.4. The number of carbonyl (C=O) groups excluding carboxylic acids is 1. The van der Waals surface area contributed by atoms with Crippen molar-refractivity contribution in [3.8, 4) is 5.69 Å². The molecule has 4 heteroatoms. The number of nitrogens with zero attached hydrogens (tertiary/aromatic N) is 1. The maximum Gasteiger partial charge on any atom is 0.269 e. The largest absolute Gasteiger partial charge is 0.298 e. The van der Waals surface area contributed by atoms with Gasteiger partial charge in [0, 0.05) is 17.4 Å². The van der Waals surface area contributed by atoms with Gasteiger partial charge >= 0.3 is 0 Å². The fourth-order valence-corrected chi connectivity index (χ4v) is 2.17. The van der Waals surface area contributed by atoms with Crippen LogP contribution in [0.5, 0.6) is 0 Å². The van der Waals surface area contributed by atoms with Gasteiger partial charge in [0.15, 0.2) is 0 Å². The van der Waals surface area contributed by atoms with Crippen LogP contribution in [-0.2, 0) is 0 Å². The van der Waals surface area contributed by atoms with Crippen LogP contribution in [0.25, 0.3) is 5.69 Å². The maximum atomic E-state index is 11.9. The number of aldehydes is 1. The third kappa shape index (κ3) is 2.36. The van der Waals surface area contributed by atoms with E-state index in [2.05, 4.69) is 15.9 Å². The van der Waals surface area contributed by atoms with E-state index in [9.17, 15) is 9.59 Å². The first-order valence-corrected chi connectivity index (χ1v) is 5.85. The minimum Gasteiger partial charge on any atom is -0.298 e. The normalized spacial score (nSPS) is 10.2. The third-order valence-corrected chi connectivity index (χ3v) is 2.96. The van der Waals surface area contributed by atoms with Crippen LogP contribution in [0, 0.1) is 6.92 Å². The maximum absolute atomic E-state index is 11.9. The first-order chi connectivity index (χ1) is 8.11. The zero-order valence-corrected chi connectivity index (χ0v) is 10.8. The first kappa shape index (κ1) is 11.8. The lowest BCUT2D eigenvalue weighted by Crippen LogP contribution is -2.18. The summed E-state index contributed by atoms with van der Waals surface area (Å²) in [6.07, 6.45) is 2.51. The molecule has 2 aromatic rings. The van der Waals surface area contributed by atoms with Gasteiger partial charge in [-0.3, -0.25) is 14.2 Å². The highest BCUT2D eigenvalue weighted by Crippen LogP contribution is 2.12. The number of carbonyl (C=O) groups is 1. The summed E-state index contributed by atoms with van der Waals surface area (Å²) >= 11 is 3.23. The number of aryl methyl sites for hydroxylation is 1. The molecule has 0 aliphatic carbocycles. The first-order valence-electron chi connectivity index (χ1n) is 5.06. The number of pyridine rings is 1. The quantitative estimate of drug-likeness (QED) is 0.798. The molecule has 0 radical (unpaired) electrons. The molecule has 0 saturated heterocycles. The van der Waals surface area contributed by atoms with Crippen LogP contribution in [0.2, 0.25) is 0 Å². The highest BCUT2D eigenvalue weighted by Gasteiger charge is 2.05. The smallest absolute Gasteiger partial charge is 0.269 e. The Hall–Kier alpha value is -1.68. The van der Waals surface area contributed by atoms with E-state index < -0.39 is 0 Å². The molecule has 0 bridgehead atoms. The molecule has 1 heterocycles. The van der Waals surface area contributed by atoms with E-state index in [0.717, 1.165) is 11.8 Å². The predicted molar refractivity (Wildman–Crippen MR) is 69.9 cm³/mol. The van der Waals surface area contributed by atoms with Crippen LogP contribution in [0.15, 0.2) is 45.8 Å². The molecule has 0 aliphatic rings. The van der Waals surface area contributed by atoms with Crippen molar-refractivity contribution in [3.63, 3.8) is 0 Å². The van der Waals surface area contributed by atoms with Crippen LogP contribution >= 0.6 is 15.9 Å². The summed E-state index contributed by atoms with van der Waals surface area (Å²) in [5.74, 6) is 0. The van der Waals surface area contributed by atoms with Gasteiger partial charge in [0.05, 0.1) is 4.47 Å². The Kier molecular flexibility index (Phi) is 3.24. The lowest BCUT2D eigenvalue weighted by molar-refractivity contribution is 0.112. The van der Waals surface area contributed by atoms with Crippen LogP contribution in [0.4, 0.5) is 0 Å². The molecule has 0 unspecified atom stereocenters. The van der Waals surface area contributed by atoms with E-state index in [0.29, 0.717) is 15.7 Å². The molecule has 0 saturated carbocycles. The Labute approximate surface area is 107 Å². The summed E-state index contributed by atoms with van der Waals surface area (Å²) in [4.78, 5) is 22.7. The highest BCUT2D eigenvalue weighted by molar-refractivity contribution is 9.10. The van der Waals surface area contributed by atoms with Gasteiger partial charge in [-0.15, -0.1) is 0 Å². The van der Waals surface area contributed by atoms with Crippen LogP contribution < -0.4 is 5.56 Å². The van der Waals surface area contributed by atoms with Gasteiger partial charge in [0.2, 0.25) is 0 Å². The van der Waals surface area contributed by atoms with Gasteiger partial charge in [-0.05, 0) is 46.6 Å². The molecule has 0 amide bonds. The predicted octanol–water partition coefficient (Wildman–Crippen LogP) is 2.72. The van der Waals surface area contributed by atoms with E-state index in [4.69, 9.17) is 0 Å². The summed E-state index contributed by atoms with van der Waals surface area (Å²) in [5.41, 5.74) is 2.06. The van der Waals surface area contributed by atoms with Crippen molar-refractivity contribution in [2.75, 3.05) is 0 Å². The zero-order valence-electron chi connectivity index (χ0n) is 9.18. The van der Waals surface area contributed by atoms with Crippen molar-refractivity contribution in [1.29, 1.82) is 0 Å². The van der Waals surface area contributed by atoms with Crippen molar-refractivity contribution in [2.24, 2.45) is 0 Å². The van der Waals surface area contributed by atoms with Gasteiger partial charge in [0.1, 0.15) is 6.29 Å². The molecular weight excluding hydrogens is 282 g/mol. The molecule has 0 N–H and O–H groups in total. The lowest BCUT2D eigenvalue weighted by Gasteiger charge is -2.08. The topological polar surface area (TPSA) is 39.1 Å². The van der Waals surface area contributed by atoms with E-state index in [1.54, 1.807) is 36.5 Å². The number of halogens is 1. The molecule has 0 aliphatic heterocycles. The van der Waals surface area contributed by atoms with Crippen LogP contribution in [0.1, 0.15) is 15.9 Å². The molecule has 1 aromatic carbocycles. The summed E-state index contributed by atoms with van der Waals surface area (Å²) in [7, 11) is 0. The molecule has 3 nitrogen and oxygen atoms in total. The van der Waals surface area contributed by atoms with E-state index in [1.165, 1.54) is 4.57 Å². The molecule has 0 spiro atoms. The summed E-state index contributed by atoms with van der Waals surface area (Å²) in [5, 5.41) is 0. The van der Waals surface area contributed by atoms with Crippen molar-refractivity contribution in [3.05, 3.63) is 62.5 Å². The van der Waals surface area contributed by atoms with Crippen molar-refractivity contribution in [1.82, 2.24) is 4.57 Å². The van der Waals surface area contributed by atoms with Gasteiger partial charge in [-0.25, -0.2) is 0 Å². The number of benzene rings is 1. The second-order valence-electron chi connectivity index (χ2n) is 3.75. The summed E-state index contributed by atoms with van der Waals surface area (Å²) in [6.45, 7) is 1.91. The number of rotatable bonds is 2. The molecule has 0 atom stereocenters. The average Bonchev–Trinajstić information content (AvgIpc) is 2.34. The molecule has 1 aromatic heterocycles. The third-order valence-electron chi connectivity index (χ3n) is 2.39.